The number of benzene rings is 1. The Morgan fingerprint density at radius 3 is 2.80 bits per heavy atom. The molecule has 0 unspecified atom stereocenters. The summed E-state index contributed by atoms with van der Waals surface area (Å²) in [5, 5.41) is 0. The largest absolute Gasteiger partial charge is 0.492 e. The Bertz CT molecular complexity index is 490. The fourth-order valence-electron chi connectivity index (χ4n) is 2.35. The lowest BCUT2D eigenvalue weighted by Crippen LogP contribution is -2.40. The maximum absolute atomic E-state index is 12.6. The highest BCUT2D eigenvalue weighted by Crippen LogP contribution is 2.31. The van der Waals surface area contributed by atoms with Gasteiger partial charge in [-0.15, -0.1) is 0 Å². The summed E-state index contributed by atoms with van der Waals surface area (Å²) in [4.78, 5) is 14.4. The number of nitrogens with zero attached hydrogens (tertiary/aromatic N) is 1. The number of rotatable bonds is 4. The molecular weight excluding hydrogens is 254 g/mol. The highest BCUT2D eigenvalue weighted by molar-refractivity contribution is 5.97. The van der Waals surface area contributed by atoms with E-state index < -0.39 is 0 Å². The number of carbonyl (C=O) groups excluding carboxylic acids is 1. The van der Waals surface area contributed by atoms with Crippen molar-refractivity contribution in [2.75, 3.05) is 32.9 Å². The predicted molar refractivity (Wildman–Crippen MR) is 76.1 cm³/mol. The second kappa shape index (κ2) is 5.83. The molecule has 4 nitrogen and oxygen atoms in total. The van der Waals surface area contributed by atoms with E-state index in [1.807, 2.05) is 30.0 Å². The zero-order valence-electron chi connectivity index (χ0n) is 11.9. The summed E-state index contributed by atoms with van der Waals surface area (Å²) >= 11 is 0. The molecule has 0 N–H and O–H groups in total. The molecule has 2 fully saturated rings. The standard InChI is InChI=1S/C16H21NO3/c1-12-2-5-14(15(10-12)20-11-13-3-4-13)16(18)17-6-8-19-9-7-17/h2,5,10,13H,3-4,6-9,11H2,1H3. The first-order valence-corrected chi connectivity index (χ1v) is 7.34. The molecule has 108 valence electrons. The molecule has 1 saturated carbocycles. The van der Waals surface area contributed by atoms with Gasteiger partial charge in [0.25, 0.3) is 5.91 Å². The number of aryl methyl sites for hydroxylation is 1. The van der Waals surface area contributed by atoms with Crippen LogP contribution >= 0.6 is 0 Å². The molecule has 0 bridgehead atoms. The molecule has 20 heavy (non-hydrogen) atoms. The number of ether oxygens (including phenoxy) is 2. The summed E-state index contributed by atoms with van der Waals surface area (Å²) in [5.41, 5.74) is 1.80. The van der Waals surface area contributed by atoms with Gasteiger partial charge in [-0.05, 0) is 43.4 Å². The van der Waals surface area contributed by atoms with Crippen LogP contribution in [-0.2, 0) is 4.74 Å². The highest BCUT2D eigenvalue weighted by Gasteiger charge is 2.25. The first-order valence-electron chi connectivity index (χ1n) is 7.34. The van der Waals surface area contributed by atoms with Crippen molar-refractivity contribution in [1.29, 1.82) is 0 Å². The van der Waals surface area contributed by atoms with Gasteiger partial charge in [-0.1, -0.05) is 6.07 Å². The van der Waals surface area contributed by atoms with E-state index in [1.54, 1.807) is 0 Å². The number of amides is 1. The van der Waals surface area contributed by atoms with Crippen molar-refractivity contribution in [3.05, 3.63) is 29.3 Å². The molecular formula is C16H21NO3. The molecule has 2 aliphatic rings. The van der Waals surface area contributed by atoms with Gasteiger partial charge in [-0.2, -0.15) is 0 Å². The third-order valence-corrected chi connectivity index (χ3v) is 3.84. The van der Waals surface area contributed by atoms with Crippen LogP contribution in [0.1, 0.15) is 28.8 Å². The molecule has 1 amide bonds. The van der Waals surface area contributed by atoms with E-state index in [0.29, 0.717) is 37.8 Å². The van der Waals surface area contributed by atoms with Gasteiger partial charge in [-0.3, -0.25) is 4.79 Å². The fraction of sp³-hybridized carbons (Fsp3) is 0.562. The van der Waals surface area contributed by atoms with Crippen molar-refractivity contribution < 1.29 is 14.3 Å². The van der Waals surface area contributed by atoms with Crippen LogP contribution in [0.25, 0.3) is 0 Å². The second-order valence-electron chi connectivity index (χ2n) is 5.66. The van der Waals surface area contributed by atoms with E-state index in [9.17, 15) is 4.79 Å². The minimum Gasteiger partial charge on any atom is -0.492 e. The molecule has 0 aromatic heterocycles. The van der Waals surface area contributed by atoms with Crippen LogP contribution in [0.2, 0.25) is 0 Å². The topological polar surface area (TPSA) is 38.8 Å². The molecule has 0 radical (unpaired) electrons. The Morgan fingerprint density at radius 2 is 2.10 bits per heavy atom. The Kier molecular flexibility index (Phi) is 3.92. The molecule has 1 aliphatic heterocycles. The van der Waals surface area contributed by atoms with E-state index in [2.05, 4.69) is 0 Å². The van der Waals surface area contributed by atoms with Gasteiger partial charge in [0, 0.05) is 13.1 Å². The van der Waals surface area contributed by atoms with Gasteiger partial charge in [0.15, 0.2) is 0 Å². The zero-order valence-corrected chi connectivity index (χ0v) is 11.9. The van der Waals surface area contributed by atoms with Gasteiger partial charge < -0.3 is 14.4 Å². The number of carbonyl (C=O) groups is 1. The highest BCUT2D eigenvalue weighted by atomic mass is 16.5. The second-order valence-corrected chi connectivity index (χ2v) is 5.66. The van der Waals surface area contributed by atoms with Gasteiger partial charge in [0.2, 0.25) is 0 Å². The van der Waals surface area contributed by atoms with E-state index in [1.165, 1.54) is 12.8 Å². The zero-order chi connectivity index (χ0) is 13.9. The monoisotopic (exact) mass is 275 g/mol. The van der Waals surface area contributed by atoms with Crippen LogP contribution in [0.15, 0.2) is 18.2 Å². The van der Waals surface area contributed by atoms with Gasteiger partial charge in [-0.25, -0.2) is 0 Å². The average Bonchev–Trinajstić information content (AvgIpc) is 3.30. The third-order valence-electron chi connectivity index (χ3n) is 3.84. The fourth-order valence-corrected chi connectivity index (χ4v) is 2.35. The van der Waals surface area contributed by atoms with Crippen LogP contribution in [0.4, 0.5) is 0 Å². The van der Waals surface area contributed by atoms with Crippen LogP contribution in [0.5, 0.6) is 5.75 Å². The molecule has 1 saturated heterocycles. The van der Waals surface area contributed by atoms with Crippen molar-refractivity contribution in [3.63, 3.8) is 0 Å². The predicted octanol–water partition coefficient (Wildman–Crippen LogP) is 2.26. The first-order chi connectivity index (χ1) is 9.74. The third kappa shape index (κ3) is 3.12. The van der Waals surface area contributed by atoms with Crippen molar-refractivity contribution in [1.82, 2.24) is 4.90 Å². The molecule has 3 rings (SSSR count). The molecule has 4 heteroatoms. The minimum atomic E-state index is 0.0547. The van der Waals surface area contributed by atoms with Gasteiger partial charge in [0.1, 0.15) is 5.75 Å². The first kappa shape index (κ1) is 13.4. The molecule has 0 spiro atoms. The van der Waals surface area contributed by atoms with E-state index in [0.717, 1.165) is 17.9 Å². The normalized spacial score (nSPS) is 18.9. The number of morpholine rings is 1. The summed E-state index contributed by atoms with van der Waals surface area (Å²) in [7, 11) is 0. The van der Waals surface area contributed by atoms with Crippen LogP contribution in [-0.4, -0.2) is 43.7 Å². The minimum absolute atomic E-state index is 0.0547. The average molecular weight is 275 g/mol. The Morgan fingerprint density at radius 1 is 1.35 bits per heavy atom. The van der Waals surface area contributed by atoms with Crippen molar-refractivity contribution in [2.24, 2.45) is 5.92 Å². The van der Waals surface area contributed by atoms with Crippen molar-refractivity contribution in [3.8, 4) is 5.75 Å². The molecule has 0 atom stereocenters. The van der Waals surface area contributed by atoms with Crippen molar-refractivity contribution in [2.45, 2.75) is 19.8 Å². The smallest absolute Gasteiger partial charge is 0.257 e. The number of hydrogen-bond acceptors (Lipinski definition) is 3. The lowest BCUT2D eigenvalue weighted by atomic mass is 10.1. The van der Waals surface area contributed by atoms with E-state index >= 15 is 0 Å². The Hall–Kier alpha value is -1.55. The Labute approximate surface area is 119 Å². The molecule has 1 heterocycles. The Balaban J connectivity index is 1.76. The summed E-state index contributed by atoms with van der Waals surface area (Å²) in [6, 6.07) is 5.82. The maximum atomic E-state index is 12.6. The quantitative estimate of drug-likeness (QED) is 0.846. The summed E-state index contributed by atoms with van der Waals surface area (Å²) in [6.07, 6.45) is 2.50. The summed E-state index contributed by atoms with van der Waals surface area (Å²) in [6.45, 7) is 5.31. The summed E-state index contributed by atoms with van der Waals surface area (Å²) < 4.78 is 11.2. The number of hydrogen-bond donors (Lipinski definition) is 0. The van der Waals surface area contributed by atoms with Crippen molar-refractivity contribution >= 4 is 5.91 Å². The molecule has 1 aliphatic carbocycles. The van der Waals surface area contributed by atoms with E-state index in [-0.39, 0.29) is 5.91 Å². The lowest BCUT2D eigenvalue weighted by molar-refractivity contribution is 0.0300. The van der Waals surface area contributed by atoms with E-state index in [4.69, 9.17) is 9.47 Å². The molecule has 1 aromatic carbocycles. The van der Waals surface area contributed by atoms with Gasteiger partial charge >= 0.3 is 0 Å². The maximum Gasteiger partial charge on any atom is 0.257 e. The van der Waals surface area contributed by atoms with Crippen LogP contribution in [0, 0.1) is 12.8 Å². The van der Waals surface area contributed by atoms with Crippen LogP contribution in [0.3, 0.4) is 0 Å². The molecule has 1 aromatic rings. The summed E-state index contributed by atoms with van der Waals surface area (Å²) in [5.74, 6) is 1.47. The lowest BCUT2D eigenvalue weighted by Gasteiger charge is -2.27. The van der Waals surface area contributed by atoms with Crippen LogP contribution < -0.4 is 4.74 Å². The van der Waals surface area contributed by atoms with Gasteiger partial charge in [0.05, 0.1) is 25.4 Å². The SMILES string of the molecule is Cc1ccc(C(=O)N2CCOCC2)c(OCC2CC2)c1.